The van der Waals surface area contributed by atoms with Crippen LogP contribution >= 0.6 is 0 Å². The van der Waals surface area contributed by atoms with Crippen LogP contribution in [-0.4, -0.2) is 36.6 Å². The van der Waals surface area contributed by atoms with Crippen molar-refractivity contribution < 1.29 is 14.2 Å². The van der Waals surface area contributed by atoms with Gasteiger partial charge >= 0.3 is 0 Å². The second-order valence-electron chi connectivity index (χ2n) is 6.39. The van der Waals surface area contributed by atoms with Gasteiger partial charge < -0.3 is 14.2 Å². The third kappa shape index (κ3) is 5.28. The van der Waals surface area contributed by atoms with Gasteiger partial charge in [-0.05, 0) is 48.0 Å². The summed E-state index contributed by atoms with van der Waals surface area (Å²) in [5.74, 6) is 0. The molecule has 0 aromatic rings. The van der Waals surface area contributed by atoms with Gasteiger partial charge in [-0.3, -0.25) is 0 Å². The lowest BCUT2D eigenvalue weighted by Gasteiger charge is -2.29. The van der Waals surface area contributed by atoms with E-state index in [1.54, 1.807) is 0 Å². The van der Waals surface area contributed by atoms with E-state index in [2.05, 4.69) is 41.5 Å². The molecule has 0 spiro atoms. The lowest BCUT2D eigenvalue weighted by molar-refractivity contribution is -0.123. The van der Waals surface area contributed by atoms with Gasteiger partial charge in [0.2, 0.25) is 0 Å². The van der Waals surface area contributed by atoms with E-state index >= 15 is 0 Å². The largest absolute Gasteiger partial charge is 0.373 e. The molecule has 1 heterocycles. The highest BCUT2D eigenvalue weighted by Gasteiger charge is 2.33. The fourth-order valence-corrected chi connectivity index (χ4v) is 1.71. The van der Waals surface area contributed by atoms with Gasteiger partial charge in [-0.25, -0.2) is 0 Å². The van der Waals surface area contributed by atoms with Gasteiger partial charge in [0, 0.05) is 6.61 Å². The standard InChI is InChI=1S/C13H26O3/c1-12(2,3)15-9-11-10(7-8-14-11)16-13(4,5)6/h10-11H,7-9H2,1-6H3. The minimum Gasteiger partial charge on any atom is -0.373 e. The molecule has 0 aromatic heterocycles. The molecule has 16 heavy (non-hydrogen) atoms. The predicted molar refractivity (Wildman–Crippen MR) is 64.7 cm³/mol. The zero-order valence-electron chi connectivity index (χ0n) is 11.5. The molecule has 3 heteroatoms. The quantitative estimate of drug-likeness (QED) is 0.746. The zero-order chi connectivity index (χ0) is 12.4. The lowest BCUT2D eigenvalue weighted by atomic mass is 10.1. The van der Waals surface area contributed by atoms with E-state index < -0.39 is 0 Å². The van der Waals surface area contributed by atoms with Crippen LogP contribution in [0.5, 0.6) is 0 Å². The van der Waals surface area contributed by atoms with E-state index in [0.717, 1.165) is 13.0 Å². The average Bonchev–Trinajstić information content (AvgIpc) is 2.44. The van der Waals surface area contributed by atoms with E-state index in [-0.39, 0.29) is 23.4 Å². The van der Waals surface area contributed by atoms with E-state index in [0.29, 0.717) is 6.61 Å². The summed E-state index contributed by atoms with van der Waals surface area (Å²) >= 11 is 0. The first-order chi connectivity index (χ1) is 7.17. The highest BCUT2D eigenvalue weighted by molar-refractivity contribution is 4.80. The Labute approximate surface area is 99.5 Å². The number of hydrogen-bond donors (Lipinski definition) is 0. The van der Waals surface area contributed by atoms with Crippen LogP contribution in [0.25, 0.3) is 0 Å². The second kappa shape index (κ2) is 5.03. The molecule has 1 aliphatic rings. The molecule has 96 valence electrons. The van der Waals surface area contributed by atoms with Crippen LogP contribution in [0.1, 0.15) is 48.0 Å². The van der Waals surface area contributed by atoms with Crippen molar-refractivity contribution in [2.75, 3.05) is 13.2 Å². The molecule has 0 bridgehead atoms. The Morgan fingerprint density at radius 3 is 2.19 bits per heavy atom. The Hall–Kier alpha value is -0.120. The topological polar surface area (TPSA) is 27.7 Å². The van der Waals surface area contributed by atoms with Crippen LogP contribution < -0.4 is 0 Å². The van der Waals surface area contributed by atoms with E-state index in [4.69, 9.17) is 14.2 Å². The van der Waals surface area contributed by atoms with Gasteiger partial charge in [0.25, 0.3) is 0 Å². The fourth-order valence-electron chi connectivity index (χ4n) is 1.71. The third-order valence-electron chi connectivity index (χ3n) is 2.33. The first-order valence-electron chi connectivity index (χ1n) is 6.11. The van der Waals surface area contributed by atoms with Crippen molar-refractivity contribution in [2.45, 2.75) is 71.4 Å². The van der Waals surface area contributed by atoms with Gasteiger partial charge in [-0.15, -0.1) is 0 Å². The highest BCUT2D eigenvalue weighted by atomic mass is 16.6. The second-order valence-corrected chi connectivity index (χ2v) is 6.39. The molecule has 0 amide bonds. The van der Waals surface area contributed by atoms with Gasteiger partial charge in [-0.2, -0.15) is 0 Å². The molecule has 1 rings (SSSR count). The number of ether oxygens (including phenoxy) is 3. The number of rotatable bonds is 3. The fraction of sp³-hybridized carbons (Fsp3) is 1.00. The summed E-state index contributed by atoms with van der Waals surface area (Å²) in [6.07, 6.45) is 1.22. The average molecular weight is 230 g/mol. The molecule has 2 atom stereocenters. The van der Waals surface area contributed by atoms with Crippen molar-refractivity contribution in [3.05, 3.63) is 0 Å². The summed E-state index contributed by atoms with van der Waals surface area (Å²) in [6, 6.07) is 0. The van der Waals surface area contributed by atoms with Gasteiger partial charge in [0.15, 0.2) is 0 Å². The maximum absolute atomic E-state index is 5.97. The van der Waals surface area contributed by atoms with Crippen molar-refractivity contribution in [1.29, 1.82) is 0 Å². The molecular formula is C13H26O3. The summed E-state index contributed by atoms with van der Waals surface area (Å²) in [4.78, 5) is 0. The molecule has 2 unspecified atom stereocenters. The smallest absolute Gasteiger partial charge is 0.107 e. The Balaban J connectivity index is 2.41. The normalized spacial score (nSPS) is 27.4. The minimum atomic E-state index is -0.113. The molecule has 0 aromatic carbocycles. The molecule has 0 N–H and O–H groups in total. The van der Waals surface area contributed by atoms with Gasteiger partial charge in [0.1, 0.15) is 6.10 Å². The van der Waals surface area contributed by atoms with Crippen molar-refractivity contribution in [1.82, 2.24) is 0 Å². The van der Waals surface area contributed by atoms with E-state index in [1.165, 1.54) is 0 Å². The Kier molecular flexibility index (Phi) is 4.38. The molecule has 1 fully saturated rings. The summed E-state index contributed by atoms with van der Waals surface area (Å²) < 4.78 is 17.4. The molecule has 0 aliphatic carbocycles. The minimum absolute atomic E-state index is 0.0819. The zero-order valence-corrected chi connectivity index (χ0v) is 11.5. The van der Waals surface area contributed by atoms with Gasteiger partial charge in [0.05, 0.1) is 23.9 Å². The molecular weight excluding hydrogens is 204 g/mol. The van der Waals surface area contributed by atoms with Crippen LogP contribution in [0.2, 0.25) is 0 Å². The van der Waals surface area contributed by atoms with E-state index in [1.807, 2.05) is 0 Å². The highest BCUT2D eigenvalue weighted by Crippen LogP contribution is 2.24. The van der Waals surface area contributed by atoms with Crippen LogP contribution in [0.4, 0.5) is 0 Å². The number of hydrogen-bond acceptors (Lipinski definition) is 3. The maximum Gasteiger partial charge on any atom is 0.107 e. The first kappa shape index (κ1) is 13.9. The monoisotopic (exact) mass is 230 g/mol. The summed E-state index contributed by atoms with van der Waals surface area (Å²) in [5, 5.41) is 0. The molecule has 0 saturated carbocycles. The third-order valence-corrected chi connectivity index (χ3v) is 2.33. The molecule has 3 nitrogen and oxygen atoms in total. The summed E-state index contributed by atoms with van der Waals surface area (Å²) in [5.41, 5.74) is -0.226. The van der Waals surface area contributed by atoms with Gasteiger partial charge in [-0.1, -0.05) is 0 Å². The predicted octanol–water partition coefficient (Wildman–Crippen LogP) is 2.77. The Morgan fingerprint density at radius 1 is 1.06 bits per heavy atom. The maximum atomic E-state index is 5.97. The van der Waals surface area contributed by atoms with Crippen LogP contribution in [0.15, 0.2) is 0 Å². The van der Waals surface area contributed by atoms with Crippen molar-refractivity contribution in [3.63, 3.8) is 0 Å². The first-order valence-corrected chi connectivity index (χ1v) is 6.11. The Bertz CT molecular complexity index is 212. The van der Waals surface area contributed by atoms with Crippen LogP contribution in [0.3, 0.4) is 0 Å². The van der Waals surface area contributed by atoms with Crippen molar-refractivity contribution in [2.24, 2.45) is 0 Å². The summed E-state index contributed by atoms with van der Waals surface area (Å²) in [6.45, 7) is 13.8. The van der Waals surface area contributed by atoms with Crippen LogP contribution in [-0.2, 0) is 14.2 Å². The molecule has 1 saturated heterocycles. The van der Waals surface area contributed by atoms with Crippen molar-refractivity contribution >= 4 is 0 Å². The van der Waals surface area contributed by atoms with Crippen molar-refractivity contribution in [3.8, 4) is 0 Å². The lowest BCUT2D eigenvalue weighted by Crippen LogP contribution is -2.37. The SMILES string of the molecule is CC(C)(C)OCC1OCCC1OC(C)(C)C. The molecule has 0 radical (unpaired) electrons. The van der Waals surface area contributed by atoms with E-state index in [9.17, 15) is 0 Å². The molecule has 1 aliphatic heterocycles. The summed E-state index contributed by atoms with van der Waals surface area (Å²) in [7, 11) is 0. The van der Waals surface area contributed by atoms with Crippen LogP contribution in [0, 0.1) is 0 Å². The Morgan fingerprint density at radius 2 is 1.69 bits per heavy atom.